The van der Waals surface area contributed by atoms with Crippen molar-refractivity contribution in [3.05, 3.63) is 188 Å². The zero-order valence-corrected chi connectivity index (χ0v) is 27.9. The van der Waals surface area contributed by atoms with Gasteiger partial charge >= 0.3 is 0 Å². The maximum Gasteiger partial charge on any atom is 0.0492 e. The lowest BCUT2D eigenvalue weighted by Crippen LogP contribution is -1.93. The van der Waals surface area contributed by atoms with Gasteiger partial charge < -0.3 is 9.13 Å². The van der Waals surface area contributed by atoms with Crippen LogP contribution in [0.2, 0.25) is 0 Å². The topological polar surface area (TPSA) is 9.86 Å². The monoisotopic (exact) mass is 630 g/mol. The van der Waals surface area contributed by atoms with Gasteiger partial charge in [0.1, 0.15) is 0 Å². The Hall–Kier alpha value is -6.12. The molecule has 0 radical (unpaired) electrons. The van der Waals surface area contributed by atoms with Gasteiger partial charge in [-0.05, 0) is 77.6 Å². The molecule has 0 aliphatic carbocycles. The molecule has 236 valence electrons. The molecule has 2 nitrogen and oxygen atoms in total. The van der Waals surface area contributed by atoms with Crippen LogP contribution in [0.4, 0.5) is 0 Å². The van der Waals surface area contributed by atoms with Crippen LogP contribution in [0.5, 0.6) is 0 Å². The number of aryl methyl sites for hydroxylation is 2. The molecule has 0 amide bonds. The second-order valence-electron chi connectivity index (χ2n) is 12.6. The number of para-hydroxylation sites is 1. The van der Waals surface area contributed by atoms with Crippen LogP contribution >= 0.6 is 0 Å². The van der Waals surface area contributed by atoms with Gasteiger partial charge in [0.25, 0.3) is 0 Å². The molecule has 0 saturated carbocycles. The summed E-state index contributed by atoms with van der Waals surface area (Å²) in [6, 6.07) is 60.7. The molecule has 0 fully saturated rings. The van der Waals surface area contributed by atoms with Crippen molar-refractivity contribution in [1.82, 2.24) is 9.13 Å². The Balaban J connectivity index is 0.000000446. The largest absolute Gasteiger partial charge is 0.341 e. The second-order valence-corrected chi connectivity index (χ2v) is 12.6. The van der Waals surface area contributed by atoms with Crippen LogP contribution in [0.1, 0.15) is 12.5 Å². The number of fused-ring (bicyclic) bond motifs is 4. The molecule has 0 aliphatic heterocycles. The Morgan fingerprint density at radius 1 is 0.449 bits per heavy atom. The third-order valence-electron chi connectivity index (χ3n) is 9.47. The Morgan fingerprint density at radius 2 is 1.00 bits per heavy atom. The van der Waals surface area contributed by atoms with E-state index in [9.17, 15) is 0 Å². The van der Waals surface area contributed by atoms with E-state index in [4.69, 9.17) is 0 Å². The van der Waals surface area contributed by atoms with E-state index in [1.165, 1.54) is 77.2 Å². The molecule has 2 heteroatoms. The van der Waals surface area contributed by atoms with Gasteiger partial charge in [-0.1, -0.05) is 145 Å². The third-order valence-corrected chi connectivity index (χ3v) is 9.47. The van der Waals surface area contributed by atoms with Gasteiger partial charge in [-0.3, -0.25) is 0 Å². The fourth-order valence-electron chi connectivity index (χ4n) is 7.17. The van der Waals surface area contributed by atoms with Gasteiger partial charge in [-0.15, -0.1) is 0 Å². The summed E-state index contributed by atoms with van der Waals surface area (Å²) < 4.78 is 4.71. The van der Waals surface area contributed by atoms with Crippen LogP contribution in [-0.4, -0.2) is 9.13 Å². The first-order valence-electron chi connectivity index (χ1n) is 17.1. The number of hydrogen-bond acceptors (Lipinski definition) is 0. The summed E-state index contributed by atoms with van der Waals surface area (Å²) in [5.41, 5.74) is 12.5. The van der Waals surface area contributed by atoms with Crippen molar-refractivity contribution < 1.29 is 0 Å². The summed E-state index contributed by atoms with van der Waals surface area (Å²) >= 11 is 0. The fraction of sp³-hybridized carbons (Fsp3) is 0.0638. The average molecular weight is 631 g/mol. The van der Waals surface area contributed by atoms with Crippen molar-refractivity contribution in [2.45, 2.75) is 20.4 Å². The number of hydrogen-bond donors (Lipinski definition) is 0. The first kappa shape index (κ1) is 30.2. The lowest BCUT2D eigenvalue weighted by molar-refractivity contribution is 0.827. The Labute approximate surface area is 288 Å². The molecule has 0 aliphatic rings. The van der Waals surface area contributed by atoms with Crippen LogP contribution in [0.15, 0.2) is 182 Å². The predicted octanol–water partition coefficient (Wildman–Crippen LogP) is 12.8. The zero-order valence-electron chi connectivity index (χ0n) is 27.9. The Bertz CT molecular complexity index is 2510. The van der Waals surface area contributed by atoms with Crippen molar-refractivity contribution in [3.63, 3.8) is 0 Å². The normalized spacial score (nSPS) is 11.1. The van der Waals surface area contributed by atoms with E-state index in [0.717, 1.165) is 6.54 Å². The van der Waals surface area contributed by atoms with Crippen molar-refractivity contribution in [1.29, 1.82) is 0 Å². The smallest absolute Gasteiger partial charge is 0.0492 e. The van der Waals surface area contributed by atoms with Crippen LogP contribution in [-0.2, 0) is 6.54 Å². The van der Waals surface area contributed by atoms with Gasteiger partial charge in [0.2, 0.25) is 0 Å². The minimum Gasteiger partial charge on any atom is -0.341 e. The highest BCUT2D eigenvalue weighted by molar-refractivity contribution is 6.11. The SMILES string of the molecule is CCn1c2ccccc2c2cc(-n3cc4cc(-c5ccccc5)c(-c5ccccc5)c(-c5ccccc5)c4c3)ccc21.Cc1ccccc1. The van der Waals surface area contributed by atoms with Crippen LogP contribution in [0.3, 0.4) is 0 Å². The minimum atomic E-state index is 0.946. The van der Waals surface area contributed by atoms with Crippen molar-refractivity contribution in [2.75, 3.05) is 0 Å². The molecule has 0 N–H and O–H groups in total. The molecular weight excluding hydrogens is 593 g/mol. The number of rotatable bonds is 5. The number of aromatic nitrogens is 2. The molecule has 9 rings (SSSR count). The third kappa shape index (κ3) is 5.72. The maximum absolute atomic E-state index is 2.41. The van der Waals surface area contributed by atoms with E-state index in [0.29, 0.717) is 0 Å². The van der Waals surface area contributed by atoms with Gasteiger partial charge in [-0.2, -0.15) is 0 Å². The molecule has 0 atom stereocenters. The van der Waals surface area contributed by atoms with E-state index in [1.807, 2.05) is 18.2 Å². The lowest BCUT2D eigenvalue weighted by Gasteiger charge is -2.18. The molecule has 0 saturated heterocycles. The molecule has 0 unspecified atom stereocenters. The van der Waals surface area contributed by atoms with Crippen LogP contribution in [0.25, 0.3) is 71.6 Å². The Kier molecular flexibility index (Phi) is 8.13. The van der Waals surface area contributed by atoms with E-state index in [2.05, 4.69) is 187 Å². The molecule has 0 spiro atoms. The average Bonchev–Trinajstić information content (AvgIpc) is 3.74. The maximum atomic E-state index is 2.41. The van der Waals surface area contributed by atoms with Gasteiger partial charge in [0.15, 0.2) is 0 Å². The summed E-state index contributed by atoms with van der Waals surface area (Å²) in [7, 11) is 0. The van der Waals surface area contributed by atoms with Gasteiger partial charge in [0, 0.05) is 57.2 Å². The molecule has 9 aromatic rings. The first-order chi connectivity index (χ1) is 24.2. The molecule has 2 heterocycles. The summed E-state index contributed by atoms with van der Waals surface area (Å²) in [6.45, 7) is 5.25. The van der Waals surface area contributed by atoms with Crippen LogP contribution < -0.4 is 0 Å². The summed E-state index contributed by atoms with van der Waals surface area (Å²) in [5.74, 6) is 0. The quantitative estimate of drug-likeness (QED) is 0.179. The van der Waals surface area contributed by atoms with Gasteiger partial charge in [0.05, 0.1) is 0 Å². The van der Waals surface area contributed by atoms with E-state index < -0.39 is 0 Å². The molecule has 2 aromatic heterocycles. The fourth-order valence-corrected chi connectivity index (χ4v) is 7.17. The number of benzene rings is 7. The van der Waals surface area contributed by atoms with E-state index in [-0.39, 0.29) is 0 Å². The van der Waals surface area contributed by atoms with Crippen LogP contribution in [0, 0.1) is 6.92 Å². The predicted molar refractivity (Wildman–Crippen MR) is 209 cm³/mol. The number of nitrogens with zero attached hydrogens (tertiary/aromatic N) is 2. The highest BCUT2D eigenvalue weighted by atomic mass is 15.0. The highest BCUT2D eigenvalue weighted by Crippen LogP contribution is 2.45. The highest BCUT2D eigenvalue weighted by Gasteiger charge is 2.20. The van der Waals surface area contributed by atoms with Crippen molar-refractivity contribution >= 4 is 32.6 Å². The van der Waals surface area contributed by atoms with E-state index in [1.54, 1.807) is 0 Å². The molecule has 0 bridgehead atoms. The minimum absolute atomic E-state index is 0.946. The van der Waals surface area contributed by atoms with E-state index >= 15 is 0 Å². The summed E-state index contributed by atoms with van der Waals surface area (Å²) in [6.07, 6.45) is 4.61. The van der Waals surface area contributed by atoms with Gasteiger partial charge in [-0.25, -0.2) is 0 Å². The van der Waals surface area contributed by atoms with Crippen molar-refractivity contribution in [2.24, 2.45) is 0 Å². The summed E-state index contributed by atoms with van der Waals surface area (Å²) in [4.78, 5) is 0. The molecule has 49 heavy (non-hydrogen) atoms. The molecule has 7 aromatic carbocycles. The molecular formula is C47H38N2. The lowest BCUT2D eigenvalue weighted by atomic mass is 9.85. The second kappa shape index (κ2) is 13.2. The standard InChI is InChI=1S/C40H30N2.C7H8/c1-2-42-37-21-13-12-20-33(37)35-25-32(22-23-38(35)42)41-26-31-24-34(28-14-6-3-7-15-28)39(29-16-8-4-9-17-29)40(36(31)27-41)30-18-10-5-11-19-30;1-7-5-3-2-4-6-7/h3-27H,2H2,1H3;2-6H,1H3. The Morgan fingerprint density at radius 3 is 1.61 bits per heavy atom. The zero-order chi connectivity index (χ0) is 33.2. The summed E-state index contributed by atoms with van der Waals surface area (Å²) in [5, 5.41) is 5.07. The van der Waals surface area contributed by atoms with Crippen molar-refractivity contribution in [3.8, 4) is 39.1 Å². The first-order valence-corrected chi connectivity index (χ1v) is 17.1.